The lowest BCUT2D eigenvalue weighted by Gasteiger charge is -2.34. The first-order chi connectivity index (χ1) is 14.2. The fourth-order valence-electron chi connectivity index (χ4n) is 4.18. The summed E-state index contributed by atoms with van der Waals surface area (Å²) in [6, 6.07) is 16.3. The maximum absolute atomic E-state index is 12.9. The number of carbonyl (C=O) groups is 1. The Labute approximate surface area is 173 Å². The van der Waals surface area contributed by atoms with Crippen LogP contribution in [0.25, 0.3) is 11.1 Å². The second-order valence-corrected chi connectivity index (χ2v) is 8.05. The first-order valence-electron chi connectivity index (χ1n) is 10.8. The summed E-state index contributed by atoms with van der Waals surface area (Å²) in [7, 11) is 0. The smallest absolute Gasteiger partial charge is 0.254 e. The van der Waals surface area contributed by atoms with E-state index in [1.807, 2.05) is 35.2 Å². The Kier molecular flexibility index (Phi) is 6.47. The molecule has 0 radical (unpaired) electrons. The lowest BCUT2D eigenvalue weighted by molar-refractivity contribution is 0.0656. The number of rotatable bonds is 6. The van der Waals surface area contributed by atoms with Gasteiger partial charge in [-0.1, -0.05) is 24.3 Å². The van der Waals surface area contributed by atoms with Crippen LogP contribution in [0.5, 0.6) is 5.75 Å². The summed E-state index contributed by atoms with van der Waals surface area (Å²) in [5.74, 6) is 1.01. The minimum Gasteiger partial charge on any atom is -0.492 e. The van der Waals surface area contributed by atoms with Gasteiger partial charge in [0.15, 0.2) is 0 Å². The number of carbonyl (C=O) groups excluding carboxylic acids is 1. The zero-order chi connectivity index (χ0) is 20.1. The van der Waals surface area contributed by atoms with Crippen LogP contribution in [-0.2, 0) is 0 Å². The number of hydrogen-bond acceptors (Lipinski definition) is 4. The number of ether oxygens (including phenoxy) is 1. The highest BCUT2D eigenvalue weighted by Gasteiger charge is 2.24. The normalized spacial score (nSPS) is 20.0. The van der Waals surface area contributed by atoms with Crippen molar-refractivity contribution in [2.45, 2.75) is 25.8 Å². The Hall–Kier alpha value is -2.37. The van der Waals surface area contributed by atoms with Crippen LogP contribution in [0.1, 0.15) is 30.1 Å². The van der Waals surface area contributed by atoms with Gasteiger partial charge >= 0.3 is 0 Å². The molecule has 0 spiro atoms. The van der Waals surface area contributed by atoms with E-state index in [4.69, 9.17) is 4.74 Å². The predicted octanol–water partition coefficient (Wildman–Crippen LogP) is 3.26. The summed E-state index contributed by atoms with van der Waals surface area (Å²) in [4.78, 5) is 17.4. The summed E-state index contributed by atoms with van der Waals surface area (Å²) in [6.45, 7) is 8.68. The SMILES string of the molecule is C[C@@H]1CNCCN1C(=O)c1cccc(-c2ccc(OCCN3CCCC3)cc2)c1. The summed E-state index contributed by atoms with van der Waals surface area (Å²) in [5.41, 5.74) is 2.91. The summed E-state index contributed by atoms with van der Waals surface area (Å²) < 4.78 is 5.90. The predicted molar refractivity (Wildman–Crippen MR) is 116 cm³/mol. The number of nitrogens with zero attached hydrogens (tertiary/aromatic N) is 2. The van der Waals surface area contributed by atoms with Crippen molar-refractivity contribution in [1.82, 2.24) is 15.1 Å². The number of amides is 1. The van der Waals surface area contributed by atoms with Gasteiger partial charge in [0.25, 0.3) is 5.91 Å². The molecule has 0 unspecified atom stereocenters. The molecule has 1 N–H and O–H groups in total. The highest BCUT2D eigenvalue weighted by Crippen LogP contribution is 2.24. The summed E-state index contributed by atoms with van der Waals surface area (Å²) in [5, 5.41) is 3.34. The number of hydrogen-bond donors (Lipinski definition) is 1. The van der Waals surface area contributed by atoms with Crippen molar-refractivity contribution < 1.29 is 9.53 Å². The molecule has 0 aliphatic carbocycles. The average molecular weight is 394 g/mol. The third-order valence-corrected chi connectivity index (χ3v) is 5.93. The molecule has 2 fully saturated rings. The molecule has 154 valence electrons. The summed E-state index contributed by atoms with van der Waals surface area (Å²) in [6.07, 6.45) is 2.62. The Bertz CT molecular complexity index is 815. The topological polar surface area (TPSA) is 44.8 Å². The zero-order valence-corrected chi connectivity index (χ0v) is 17.3. The zero-order valence-electron chi connectivity index (χ0n) is 17.3. The molecule has 5 heteroatoms. The third-order valence-electron chi connectivity index (χ3n) is 5.93. The Morgan fingerprint density at radius 2 is 1.86 bits per heavy atom. The van der Waals surface area contributed by atoms with Gasteiger partial charge in [-0.05, 0) is 68.2 Å². The minimum absolute atomic E-state index is 0.114. The largest absolute Gasteiger partial charge is 0.492 e. The lowest BCUT2D eigenvalue weighted by Crippen LogP contribution is -2.52. The van der Waals surface area contributed by atoms with E-state index in [0.29, 0.717) is 0 Å². The molecular formula is C24H31N3O2. The van der Waals surface area contributed by atoms with E-state index in [-0.39, 0.29) is 11.9 Å². The number of likely N-dealkylation sites (tertiary alicyclic amines) is 1. The first kappa shape index (κ1) is 19.9. The quantitative estimate of drug-likeness (QED) is 0.818. The molecule has 5 nitrogen and oxygen atoms in total. The average Bonchev–Trinajstić information content (AvgIpc) is 3.28. The van der Waals surface area contributed by atoms with Crippen molar-refractivity contribution in [1.29, 1.82) is 0 Å². The molecule has 4 rings (SSSR count). The molecule has 0 bridgehead atoms. The molecular weight excluding hydrogens is 362 g/mol. The Morgan fingerprint density at radius 1 is 1.07 bits per heavy atom. The van der Waals surface area contributed by atoms with Gasteiger partial charge in [0.1, 0.15) is 12.4 Å². The van der Waals surface area contributed by atoms with E-state index in [1.165, 1.54) is 25.9 Å². The molecule has 29 heavy (non-hydrogen) atoms. The van der Waals surface area contributed by atoms with E-state index in [9.17, 15) is 4.79 Å². The van der Waals surface area contributed by atoms with Crippen molar-refractivity contribution in [3.8, 4) is 16.9 Å². The van der Waals surface area contributed by atoms with Crippen LogP contribution in [0.4, 0.5) is 0 Å². The number of piperazine rings is 1. The second kappa shape index (κ2) is 9.42. The lowest BCUT2D eigenvalue weighted by atomic mass is 10.0. The standard InChI is InChI=1S/C24H31N3O2/c1-19-18-25-11-14-27(19)24(28)22-6-4-5-21(17-22)20-7-9-23(10-8-20)29-16-15-26-12-2-3-13-26/h4-10,17,19,25H,2-3,11-16,18H2,1H3/t19-/m1/s1. The Morgan fingerprint density at radius 3 is 2.62 bits per heavy atom. The molecule has 0 saturated carbocycles. The van der Waals surface area contributed by atoms with E-state index >= 15 is 0 Å². The third kappa shape index (κ3) is 4.98. The van der Waals surface area contributed by atoms with E-state index in [0.717, 1.165) is 55.2 Å². The van der Waals surface area contributed by atoms with Crippen molar-refractivity contribution in [2.75, 3.05) is 45.9 Å². The van der Waals surface area contributed by atoms with Gasteiger partial charge in [0.2, 0.25) is 0 Å². The van der Waals surface area contributed by atoms with Crippen LogP contribution >= 0.6 is 0 Å². The van der Waals surface area contributed by atoms with Crippen LogP contribution in [0.3, 0.4) is 0 Å². The van der Waals surface area contributed by atoms with Crippen LogP contribution < -0.4 is 10.1 Å². The van der Waals surface area contributed by atoms with Crippen molar-refractivity contribution in [2.24, 2.45) is 0 Å². The molecule has 1 atom stereocenters. The van der Waals surface area contributed by atoms with E-state index in [1.54, 1.807) is 0 Å². The molecule has 2 aromatic carbocycles. The van der Waals surface area contributed by atoms with Crippen LogP contribution in [-0.4, -0.2) is 67.6 Å². The first-order valence-corrected chi connectivity index (χ1v) is 10.8. The van der Waals surface area contributed by atoms with Gasteiger partial charge < -0.3 is 15.0 Å². The molecule has 0 aromatic heterocycles. The van der Waals surface area contributed by atoms with Crippen LogP contribution in [0.2, 0.25) is 0 Å². The Balaban J connectivity index is 1.39. The van der Waals surface area contributed by atoms with Gasteiger partial charge in [-0.15, -0.1) is 0 Å². The second-order valence-electron chi connectivity index (χ2n) is 8.05. The molecule has 2 saturated heterocycles. The van der Waals surface area contributed by atoms with Gasteiger partial charge in [-0.3, -0.25) is 9.69 Å². The summed E-state index contributed by atoms with van der Waals surface area (Å²) >= 11 is 0. The van der Waals surface area contributed by atoms with Crippen LogP contribution in [0.15, 0.2) is 48.5 Å². The van der Waals surface area contributed by atoms with Gasteiger partial charge in [-0.2, -0.15) is 0 Å². The molecule has 2 heterocycles. The fourth-order valence-corrected chi connectivity index (χ4v) is 4.18. The molecule has 2 aliphatic heterocycles. The van der Waals surface area contributed by atoms with E-state index < -0.39 is 0 Å². The fraction of sp³-hybridized carbons (Fsp3) is 0.458. The maximum atomic E-state index is 12.9. The van der Waals surface area contributed by atoms with Crippen molar-refractivity contribution in [3.63, 3.8) is 0 Å². The van der Waals surface area contributed by atoms with Gasteiger partial charge in [0, 0.05) is 37.8 Å². The highest BCUT2D eigenvalue weighted by atomic mass is 16.5. The number of benzene rings is 2. The highest BCUT2D eigenvalue weighted by molar-refractivity contribution is 5.95. The molecule has 2 aliphatic rings. The maximum Gasteiger partial charge on any atom is 0.254 e. The molecule has 1 amide bonds. The van der Waals surface area contributed by atoms with Crippen molar-refractivity contribution >= 4 is 5.91 Å². The monoisotopic (exact) mass is 393 g/mol. The van der Waals surface area contributed by atoms with Crippen LogP contribution in [0, 0.1) is 0 Å². The number of nitrogens with one attached hydrogen (secondary N) is 1. The van der Waals surface area contributed by atoms with Gasteiger partial charge in [-0.25, -0.2) is 0 Å². The molecule has 2 aromatic rings. The van der Waals surface area contributed by atoms with Gasteiger partial charge in [0.05, 0.1) is 0 Å². The van der Waals surface area contributed by atoms with E-state index in [2.05, 4.69) is 35.3 Å². The van der Waals surface area contributed by atoms with Crippen molar-refractivity contribution in [3.05, 3.63) is 54.1 Å². The minimum atomic E-state index is 0.114.